The van der Waals surface area contributed by atoms with Crippen LogP contribution in [0.25, 0.3) is 6.08 Å². The number of nitrogens with zero attached hydrogens (tertiary/aromatic N) is 1. The second-order valence-corrected chi connectivity index (χ2v) is 7.03. The quantitative estimate of drug-likeness (QED) is 0.562. The molecule has 1 aromatic carbocycles. The Balaban J connectivity index is 1.52. The topological polar surface area (TPSA) is 67.9 Å². The largest absolute Gasteiger partial charge is 0.493 e. The fraction of sp³-hybridized carbons (Fsp3) is 0.524. The summed E-state index contributed by atoms with van der Waals surface area (Å²) < 4.78 is 11.5. The summed E-state index contributed by atoms with van der Waals surface area (Å²) in [4.78, 5) is 25.5. The number of amides is 2. The third kappa shape index (κ3) is 5.02. The summed E-state index contributed by atoms with van der Waals surface area (Å²) in [6.07, 6.45) is 6.68. The van der Waals surface area contributed by atoms with E-state index >= 15 is 0 Å². The smallest absolute Gasteiger partial charge is 0.244 e. The SMILES string of the molecule is CCOc1cc2c(cc1C=CC(=O)NCCCN1CCCC1=O)OC(C)C2. The summed E-state index contributed by atoms with van der Waals surface area (Å²) in [6.45, 7) is 6.65. The third-order valence-corrected chi connectivity index (χ3v) is 4.82. The highest BCUT2D eigenvalue weighted by atomic mass is 16.5. The highest BCUT2D eigenvalue weighted by molar-refractivity contribution is 5.92. The van der Waals surface area contributed by atoms with E-state index in [1.165, 1.54) is 6.08 Å². The zero-order valence-electron chi connectivity index (χ0n) is 16.1. The van der Waals surface area contributed by atoms with Crippen LogP contribution in [0, 0.1) is 0 Å². The van der Waals surface area contributed by atoms with Crippen molar-refractivity contribution in [2.24, 2.45) is 0 Å². The van der Waals surface area contributed by atoms with Gasteiger partial charge in [-0.1, -0.05) is 0 Å². The molecule has 0 saturated carbocycles. The fourth-order valence-corrected chi connectivity index (χ4v) is 3.51. The van der Waals surface area contributed by atoms with E-state index in [0.29, 0.717) is 26.1 Å². The van der Waals surface area contributed by atoms with Crippen molar-refractivity contribution < 1.29 is 19.1 Å². The van der Waals surface area contributed by atoms with E-state index < -0.39 is 0 Å². The molecule has 146 valence electrons. The van der Waals surface area contributed by atoms with E-state index in [-0.39, 0.29) is 17.9 Å². The molecular weight excluding hydrogens is 344 g/mol. The van der Waals surface area contributed by atoms with Gasteiger partial charge in [0.15, 0.2) is 0 Å². The first kappa shape index (κ1) is 19.3. The van der Waals surface area contributed by atoms with E-state index in [9.17, 15) is 9.59 Å². The number of nitrogens with one attached hydrogen (secondary N) is 1. The van der Waals surface area contributed by atoms with Crippen LogP contribution in [0.1, 0.15) is 44.2 Å². The number of rotatable bonds is 8. The van der Waals surface area contributed by atoms with Crippen molar-refractivity contribution in [3.8, 4) is 11.5 Å². The van der Waals surface area contributed by atoms with Crippen molar-refractivity contribution >= 4 is 17.9 Å². The van der Waals surface area contributed by atoms with Crippen molar-refractivity contribution in [2.75, 3.05) is 26.2 Å². The van der Waals surface area contributed by atoms with Crippen LogP contribution in [-0.4, -0.2) is 49.1 Å². The number of ether oxygens (including phenoxy) is 2. The van der Waals surface area contributed by atoms with Gasteiger partial charge >= 0.3 is 0 Å². The Morgan fingerprint density at radius 3 is 3.04 bits per heavy atom. The highest BCUT2D eigenvalue weighted by Gasteiger charge is 2.21. The lowest BCUT2D eigenvalue weighted by Gasteiger charge is -2.14. The average Bonchev–Trinajstić information content (AvgIpc) is 3.21. The molecule has 3 rings (SSSR count). The molecule has 0 radical (unpaired) electrons. The second-order valence-electron chi connectivity index (χ2n) is 7.03. The normalized spacial score (nSPS) is 18.7. The molecule has 1 fully saturated rings. The minimum atomic E-state index is -0.153. The van der Waals surface area contributed by atoms with Crippen molar-refractivity contribution in [1.29, 1.82) is 0 Å². The number of carbonyl (C=O) groups excluding carboxylic acids is 2. The van der Waals surface area contributed by atoms with Crippen LogP contribution < -0.4 is 14.8 Å². The lowest BCUT2D eigenvalue weighted by molar-refractivity contribution is -0.127. The summed E-state index contributed by atoms with van der Waals surface area (Å²) in [5.74, 6) is 1.70. The highest BCUT2D eigenvalue weighted by Crippen LogP contribution is 2.35. The van der Waals surface area contributed by atoms with Crippen LogP contribution in [0.15, 0.2) is 18.2 Å². The Morgan fingerprint density at radius 1 is 1.44 bits per heavy atom. The number of benzene rings is 1. The minimum Gasteiger partial charge on any atom is -0.493 e. The maximum Gasteiger partial charge on any atom is 0.244 e. The molecule has 0 spiro atoms. The van der Waals surface area contributed by atoms with E-state index in [2.05, 4.69) is 5.32 Å². The van der Waals surface area contributed by atoms with Gasteiger partial charge < -0.3 is 19.7 Å². The lowest BCUT2D eigenvalue weighted by atomic mass is 10.1. The molecule has 0 aliphatic carbocycles. The van der Waals surface area contributed by atoms with E-state index in [1.54, 1.807) is 6.08 Å². The fourth-order valence-electron chi connectivity index (χ4n) is 3.51. The van der Waals surface area contributed by atoms with Gasteiger partial charge in [-0.15, -0.1) is 0 Å². The summed E-state index contributed by atoms with van der Waals surface area (Å²) in [7, 11) is 0. The summed E-state index contributed by atoms with van der Waals surface area (Å²) >= 11 is 0. The Hall–Kier alpha value is -2.50. The van der Waals surface area contributed by atoms with Crippen LogP contribution >= 0.6 is 0 Å². The number of hydrogen-bond donors (Lipinski definition) is 1. The van der Waals surface area contributed by atoms with Crippen LogP contribution in [-0.2, 0) is 16.0 Å². The number of fused-ring (bicyclic) bond motifs is 1. The van der Waals surface area contributed by atoms with Crippen molar-refractivity contribution in [3.05, 3.63) is 29.3 Å². The Morgan fingerprint density at radius 2 is 2.30 bits per heavy atom. The number of likely N-dealkylation sites (tertiary alicyclic amines) is 1. The van der Waals surface area contributed by atoms with Crippen LogP contribution in [0.5, 0.6) is 11.5 Å². The summed E-state index contributed by atoms with van der Waals surface area (Å²) in [5, 5.41) is 2.87. The van der Waals surface area contributed by atoms with E-state index in [0.717, 1.165) is 48.4 Å². The molecule has 6 nitrogen and oxygen atoms in total. The van der Waals surface area contributed by atoms with Gasteiger partial charge in [-0.25, -0.2) is 0 Å². The summed E-state index contributed by atoms with van der Waals surface area (Å²) in [6, 6.07) is 3.94. The first-order valence-corrected chi connectivity index (χ1v) is 9.77. The first-order chi connectivity index (χ1) is 13.1. The molecule has 1 N–H and O–H groups in total. The molecule has 1 saturated heterocycles. The third-order valence-electron chi connectivity index (χ3n) is 4.82. The van der Waals surface area contributed by atoms with Gasteiger partial charge in [0.1, 0.15) is 17.6 Å². The Bertz CT molecular complexity index is 729. The maximum atomic E-state index is 12.1. The van der Waals surface area contributed by atoms with Gasteiger partial charge in [0, 0.05) is 49.7 Å². The predicted octanol–water partition coefficient (Wildman–Crippen LogP) is 2.55. The zero-order valence-corrected chi connectivity index (χ0v) is 16.1. The minimum absolute atomic E-state index is 0.153. The molecule has 1 unspecified atom stereocenters. The number of carbonyl (C=O) groups is 2. The van der Waals surface area contributed by atoms with Crippen molar-refractivity contribution in [2.45, 2.75) is 45.6 Å². The van der Waals surface area contributed by atoms with Gasteiger partial charge in [0.25, 0.3) is 0 Å². The predicted molar refractivity (Wildman–Crippen MR) is 104 cm³/mol. The molecule has 6 heteroatoms. The van der Waals surface area contributed by atoms with Crippen LogP contribution in [0.3, 0.4) is 0 Å². The van der Waals surface area contributed by atoms with Gasteiger partial charge in [-0.2, -0.15) is 0 Å². The van der Waals surface area contributed by atoms with E-state index in [1.807, 2.05) is 30.9 Å². The standard InChI is InChI=1S/C21H28N2O4/c1-3-26-18-14-17-12-15(2)27-19(17)13-16(18)7-8-20(24)22-9-5-11-23-10-4-6-21(23)25/h7-8,13-15H,3-6,9-12H2,1-2H3,(H,22,24). The molecular formula is C21H28N2O4. The molecule has 27 heavy (non-hydrogen) atoms. The molecule has 2 aliphatic heterocycles. The molecule has 0 bridgehead atoms. The molecule has 2 heterocycles. The lowest BCUT2D eigenvalue weighted by Crippen LogP contribution is -2.29. The summed E-state index contributed by atoms with van der Waals surface area (Å²) in [5.41, 5.74) is 1.98. The van der Waals surface area contributed by atoms with Crippen LogP contribution in [0.2, 0.25) is 0 Å². The Labute approximate surface area is 160 Å². The van der Waals surface area contributed by atoms with Crippen molar-refractivity contribution in [3.63, 3.8) is 0 Å². The average molecular weight is 372 g/mol. The second kappa shape index (κ2) is 8.93. The molecule has 0 aromatic heterocycles. The molecule has 2 amide bonds. The number of hydrogen-bond acceptors (Lipinski definition) is 4. The Kier molecular flexibility index (Phi) is 6.37. The van der Waals surface area contributed by atoms with Gasteiger partial charge in [0.05, 0.1) is 6.61 Å². The van der Waals surface area contributed by atoms with Gasteiger partial charge in [0.2, 0.25) is 11.8 Å². The molecule has 1 atom stereocenters. The molecule has 1 aromatic rings. The molecule has 2 aliphatic rings. The van der Waals surface area contributed by atoms with Crippen molar-refractivity contribution in [1.82, 2.24) is 10.2 Å². The van der Waals surface area contributed by atoms with Gasteiger partial charge in [-0.05, 0) is 44.9 Å². The first-order valence-electron chi connectivity index (χ1n) is 9.77. The van der Waals surface area contributed by atoms with E-state index in [4.69, 9.17) is 9.47 Å². The van der Waals surface area contributed by atoms with Crippen LogP contribution in [0.4, 0.5) is 0 Å². The zero-order chi connectivity index (χ0) is 19.2. The maximum absolute atomic E-state index is 12.1. The van der Waals surface area contributed by atoms with Gasteiger partial charge in [-0.3, -0.25) is 9.59 Å². The monoisotopic (exact) mass is 372 g/mol.